The maximum absolute atomic E-state index is 10.9. The minimum Gasteiger partial charge on any atom is -0.330 e. The molecule has 7 nitrogen and oxygen atoms in total. The van der Waals surface area contributed by atoms with E-state index in [2.05, 4.69) is 34.3 Å². The summed E-state index contributed by atoms with van der Waals surface area (Å²) in [6.07, 6.45) is 2.03. The molecule has 0 spiro atoms. The van der Waals surface area contributed by atoms with Crippen molar-refractivity contribution in [1.29, 1.82) is 0 Å². The molecular weight excluding hydrogens is 402 g/mol. The van der Waals surface area contributed by atoms with Gasteiger partial charge in [0, 0.05) is 62.1 Å². The molecule has 0 bridgehead atoms. The molecule has 3 aromatic rings. The van der Waals surface area contributed by atoms with E-state index in [0.29, 0.717) is 18.4 Å². The molecular formula is C22H26ClN5O2. The minimum atomic E-state index is -0.385. The van der Waals surface area contributed by atoms with Crippen LogP contribution in [0.5, 0.6) is 0 Å². The van der Waals surface area contributed by atoms with Gasteiger partial charge < -0.3 is 5.73 Å². The van der Waals surface area contributed by atoms with Gasteiger partial charge in [-0.05, 0) is 30.2 Å². The Kier molecular flexibility index (Phi) is 6.87. The number of non-ortho nitro benzene ring substituents is 1. The number of hydrogen-bond acceptors (Lipinski definition) is 5. The Labute approximate surface area is 182 Å². The van der Waals surface area contributed by atoms with Gasteiger partial charge in [-0.25, -0.2) is 0 Å². The van der Waals surface area contributed by atoms with E-state index in [0.717, 1.165) is 36.5 Å². The summed E-state index contributed by atoms with van der Waals surface area (Å²) >= 11 is 0. The predicted molar refractivity (Wildman–Crippen MR) is 120 cm³/mol. The van der Waals surface area contributed by atoms with Crippen molar-refractivity contribution < 1.29 is 4.92 Å². The van der Waals surface area contributed by atoms with E-state index >= 15 is 0 Å². The number of nitro groups is 1. The zero-order valence-electron chi connectivity index (χ0n) is 16.8. The lowest BCUT2D eigenvalue weighted by molar-refractivity contribution is -0.384. The number of hydrogen-bond donors (Lipinski definition) is 1. The van der Waals surface area contributed by atoms with Gasteiger partial charge in [-0.3, -0.25) is 19.7 Å². The molecule has 0 unspecified atom stereocenters. The zero-order chi connectivity index (χ0) is 20.4. The standard InChI is InChI=1S/C22H25N5O2.ClH/c1-25-12-19(22(24-25)17-7-9-20(10-8-17)27(28)29)14-26-13-18(11-23)21(15-26)16-5-3-2-4-6-16;/h2-10,12,18,21H,11,13-15,23H2,1H3;1H/t18-,21+;/m1./s1. The molecule has 1 aromatic heterocycles. The van der Waals surface area contributed by atoms with Gasteiger partial charge in [0.25, 0.3) is 5.69 Å². The molecule has 0 radical (unpaired) electrons. The normalized spacial score (nSPS) is 18.9. The molecule has 0 saturated carbocycles. The van der Waals surface area contributed by atoms with Crippen LogP contribution in [0.1, 0.15) is 17.0 Å². The number of aromatic nitrogens is 2. The van der Waals surface area contributed by atoms with Crippen molar-refractivity contribution in [3.05, 3.63) is 82.0 Å². The number of nitro benzene ring substituents is 1. The van der Waals surface area contributed by atoms with E-state index in [4.69, 9.17) is 5.73 Å². The highest BCUT2D eigenvalue weighted by Gasteiger charge is 2.33. The third-order valence-electron chi connectivity index (χ3n) is 5.70. The molecule has 8 heteroatoms. The van der Waals surface area contributed by atoms with Crippen LogP contribution in [0.15, 0.2) is 60.8 Å². The summed E-state index contributed by atoms with van der Waals surface area (Å²) in [4.78, 5) is 13.0. The highest BCUT2D eigenvalue weighted by molar-refractivity contribution is 5.85. The van der Waals surface area contributed by atoms with E-state index in [1.165, 1.54) is 17.7 Å². The van der Waals surface area contributed by atoms with Crippen LogP contribution in [-0.4, -0.2) is 39.2 Å². The lowest BCUT2D eigenvalue weighted by atomic mass is 9.89. The van der Waals surface area contributed by atoms with Crippen molar-refractivity contribution in [1.82, 2.24) is 14.7 Å². The Bertz CT molecular complexity index is 991. The molecule has 158 valence electrons. The third-order valence-corrected chi connectivity index (χ3v) is 5.70. The van der Waals surface area contributed by atoms with Gasteiger partial charge in [0.15, 0.2) is 0 Å². The van der Waals surface area contributed by atoms with Gasteiger partial charge in [-0.1, -0.05) is 30.3 Å². The van der Waals surface area contributed by atoms with Gasteiger partial charge in [-0.2, -0.15) is 5.10 Å². The van der Waals surface area contributed by atoms with Crippen LogP contribution in [0, 0.1) is 16.0 Å². The number of rotatable bonds is 6. The number of aryl methyl sites for hydroxylation is 1. The fourth-order valence-electron chi connectivity index (χ4n) is 4.28. The third kappa shape index (κ3) is 4.53. The molecule has 1 fully saturated rings. The van der Waals surface area contributed by atoms with Crippen LogP contribution in [-0.2, 0) is 13.6 Å². The van der Waals surface area contributed by atoms with Crippen LogP contribution in [0.25, 0.3) is 11.3 Å². The number of nitrogens with two attached hydrogens (primary N) is 1. The molecule has 30 heavy (non-hydrogen) atoms. The maximum atomic E-state index is 10.9. The molecule has 0 aliphatic carbocycles. The van der Waals surface area contributed by atoms with Crippen LogP contribution in [0.3, 0.4) is 0 Å². The number of halogens is 1. The van der Waals surface area contributed by atoms with Gasteiger partial charge in [0.05, 0.1) is 10.6 Å². The second-order valence-corrected chi connectivity index (χ2v) is 7.69. The number of nitrogens with zero attached hydrogens (tertiary/aromatic N) is 4. The smallest absolute Gasteiger partial charge is 0.269 e. The minimum absolute atomic E-state index is 0. The van der Waals surface area contributed by atoms with Crippen LogP contribution in [0.4, 0.5) is 5.69 Å². The fraction of sp³-hybridized carbons (Fsp3) is 0.318. The Balaban J connectivity index is 0.00000256. The largest absolute Gasteiger partial charge is 0.330 e. The quantitative estimate of drug-likeness (QED) is 0.479. The van der Waals surface area contributed by atoms with Gasteiger partial charge >= 0.3 is 0 Å². The van der Waals surface area contributed by atoms with Crippen LogP contribution >= 0.6 is 12.4 Å². The lowest BCUT2D eigenvalue weighted by Crippen LogP contribution is -2.23. The summed E-state index contributed by atoms with van der Waals surface area (Å²) in [5.41, 5.74) is 10.4. The summed E-state index contributed by atoms with van der Waals surface area (Å²) in [6, 6.07) is 17.2. The first-order valence-electron chi connectivity index (χ1n) is 9.80. The fourth-order valence-corrected chi connectivity index (χ4v) is 4.28. The topological polar surface area (TPSA) is 90.2 Å². The Morgan fingerprint density at radius 2 is 1.83 bits per heavy atom. The van der Waals surface area contributed by atoms with E-state index < -0.39 is 0 Å². The molecule has 1 saturated heterocycles. The second-order valence-electron chi connectivity index (χ2n) is 7.69. The summed E-state index contributed by atoms with van der Waals surface area (Å²) in [5.74, 6) is 0.859. The molecule has 0 amide bonds. The summed E-state index contributed by atoms with van der Waals surface area (Å²) < 4.78 is 1.80. The van der Waals surface area contributed by atoms with E-state index in [1.54, 1.807) is 16.8 Å². The number of likely N-dealkylation sites (tertiary alicyclic amines) is 1. The van der Waals surface area contributed by atoms with Crippen molar-refractivity contribution in [2.45, 2.75) is 12.5 Å². The highest BCUT2D eigenvalue weighted by Crippen LogP contribution is 2.34. The molecule has 1 aliphatic rings. The van der Waals surface area contributed by atoms with Gasteiger partial charge in [-0.15, -0.1) is 12.4 Å². The van der Waals surface area contributed by atoms with Gasteiger partial charge in [0.1, 0.15) is 0 Å². The van der Waals surface area contributed by atoms with E-state index in [-0.39, 0.29) is 23.0 Å². The average Bonchev–Trinajstić information content (AvgIpc) is 3.32. The molecule has 1 aliphatic heterocycles. The first-order valence-corrected chi connectivity index (χ1v) is 9.80. The highest BCUT2D eigenvalue weighted by atomic mass is 35.5. The molecule has 2 aromatic carbocycles. The summed E-state index contributed by atoms with van der Waals surface area (Å²) in [5, 5.41) is 15.5. The first kappa shape index (κ1) is 22.0. The van der Waals surface area contributed by atoms with Gasteiger partial charge in [0.2, 0.25) is 0 Å². The summed E-state index contributed by atoms with van der Waals surface area (Å²) in [6.45, 7) is 3.35. The van der Waals surface area contributed by atoms with Crippen molar-refractivity contribution in [2.24, 2.45) is 18.7 Å². The van der Waals surface area contributed by atoms with Crippen LogP contribution in [0.2, 0.25) is 0 Å². The molecule has 2 heterocycles. The first-order chi connectivity index (χ1) is 14.0. The van der Waals surface area contributed by atoms with E-state index in [1.807, 2.05) is 19.3 Å². The Morgan fingerprint density at radius 1 is 1.13 bits per heavy atom. The van der Waals surface area contributed by atoms with Crippen LogP contribution < -0.4 is 5.73 Å². The Hall–Kier alpha value is -2.74. The predicted octanol–water partition coefficient (Wildman–Crippen LogP) is 3.59. The molecule has 2 atom stereocenters. The SMILES string of the molecule is Cl.Cn1cc(CN2C[C@@H](CN)[C@H](c3ccccc3)C2)c(-c2ccc([N+](=O)[O-])cc2)n1. The average molecular weight is 428 g/mol. The molecule has 4 rings (SSSR count). The summed E-state index contributed by atoms with van der Waals surface area (Å²) in [7, 11) is 1.90. The van der Waals surface area contributed by atoms with E-state index in [9.17, 15) is 10.1 Å². The van der Waals surface area contributed by atoms with Crippen molar-refractivity contribution >= 4 is 18.1 Å². The zero-order valence-corrected chi connectivity index (χ0v) is 17.7. The van der Waals surface area contributed by atoms with Crippen molar-refractivity contribution in [3.63, 3.8) is 0 Å². The maximum Gasteiger partial charge on any atom is 0.269 e. The second kappa shape index (κ2) is 9.38. The van der Waals surface area contributed by atoms with Crippen molar-refractivity contribution in [3.8, 4) is 11.3 Å². The monoisotopic (exact) mass is 427 g/mol. The number of benzene rings is 2. The Morgan fingerprint density at radius 3 is 2.47 bits per heavy atom. The molecule has 2 N–H and O–H groups in total. The lowest BCUT2D eigenvalue weighted by Gasteiger charge is -2.17. The van der Waals surface area contributed by atoms with Crippen molar-refractivity contribution in [2.75, 3.05) is 19.6 Å².